The lowest BCUT2D eigenvalue weighted by Crippen LogP contribution is -2.53. The summed E-state index contributed by atoms with van der Waals surface area (Å²) >= 11 is 0. The molecule has 9 aromatic rings. The number of hydrogen-bond donors (Lipinski definition) is 0. The quantitative estimate of drug-likeness (QED) is 0.123. The van der Waals surface area contributed by atoms with Crippen molar-refractivity contribution < 1.29 is 0 Å². The van der Waals surface area contributed by atoms with Gasteiger partial charge in [-0.25, -0.2) is 0 Å². The van der Waals surface area contributed by atoms with Crippen LogP contribution in [0.4, 0.5) is 0 Å². The molecule has 9 rings (SSSR count). The van der Waals surface area contributed by atoms with Crippen LogP contribution in [0.2, 0.25) is 0 Å². The summed E-state index contributed by atoms with van der Waals surface area (Å²) < 4.78 is 0. The van der Waals surface area contributed by atoms with E-state index in [9.17, 15) is 0 Å². The van der Waals surface area contributed by atoms with Crippen LogP contribution in [0.3, 0.4) is 0 Å². The van der Waals surface area contributed by atoms with Gasteiger partial charge in [0.1, 0.15) is 212 Å². The first-order valence-electron chi connectivity index (χ1n) is 26.6. The number of fused-ring (bicyclic) bond motifs is 5. The van der Waals surface area contributed by atoms with E-state index in [1.165, 1.54) is 235 Å². The average Bonchev–Trinajstić information content (AvgIpc) is 3.33. The van der Waals surface area contributed by atoms with Crippen LogP contribution in [0.5, 0.6) is 0 Å². The van der Waals surface area contributed by atoms with Crippen LogP contribution in [0.1, 0.15) is 0 Å². The highest BCUT2D eigenvalue weighted by molar-refractivity contribution is 6.77. The Balaban J connectivity index is 1.76. The topological polar surface area (TPSA) is 0 Å². The maximum atomic E-state index is 2.52. The predicted molar refractivity (Wildman–Crippen MR) is 411 cm³/mol. The SMILES string of the molecule is Bc1cc2c(-c3c(B)c(B)c4c(-c5c(B)c(B)c(B)c6c(B)c(B)c(B)c(B)c56)c5c(B)c(B)c(B)c(B)c5c(-c5c(B)c(B)c(B)c6c(B)c(B)c(B)c(B)c56)c4c3B)c(B)c(B)c(B)c2c(B)c1B. The molecular formula is C44H55B27. The highest BCUT2D eigenvalue weighted by Crippen LogP contribution is 2.43. The van der Waals surface area contributed by atoms with Crippen LogP contribution in [0.15, 0.2) is 6.07 Å². The molecule has 0 heterocycles. The van der Waals surface area contributed by atoms with Gasteiger partial charge in [-0.1, -0.05) is 98.9 Å². The maximum Gasteiger partial charge on any atom is 0.140 e. The fourth-order valence-electron chi connectivity index (χ4n) is 14.3. The Labute approximate surface area is 449 Å². The molecule has 0 unspecified atom stereocenters. The summed E-state index contributed by atoms with van der Waals surface area (Å²) in [5, 5.41) is 14.2. The number of benzene rings is 9. The van der Waals surface area contributed by atoms with E-state index < -0.39 is 0 Å². The summed E-state index contributed by atoms with van der Waals surface area (Å²) in [5.41, 5.74) is 46.2. The third kappa shape index (κ3) is 6.77. The normalized spacial score (nSPS) is 11.8. The molecule has 0 saturated heterocycles. The third-order valence-electron chi connectivity index (χ3n) is 20.7. The van der Waals surface area contributed by atoms with Crippen LogP contribution >= 0.6 is 0 Å². The molecule has 0 bridgehead atoms. The zero-order valence-electron chi connectivity index (χ0n) is 49.1. The average molecular weight is 876 g/mol. The summed E-state index contributed by atoms with van der Waals surface area (Å²) in [6.07, 6.45) is 0. The predicted octanol–water partition coefficient (Wildman–Crippen LogP) is -34.6. The van der Waals surface area contributed by atoms with Gasteiger partial charge in [-0.2, -0.15) is 0 Å². The second-order valence-corrected chi connectivity index (χ2v) is 23.1. The van der Waals surface area contributed by atoms with Crippen molar-refractivity contribution in [2.45, 2.75) is 0 Å². The smallest absolute Gasteiger partial charge is 0.101 e. The van der Waals surface area contributed by atoms with E-state index in [2.05, 4.69) is 218 Å². The minimum atomic E-state index is 1.36. The first kappa shape index (κ1) is 51.9. The summed E-state index contributed by atoms with van der Waals surface area (Å²) in [4.78, 5) is 0. The van der Waals surface area contributed by atoms with Gasteiger partial charge in [-0.3, -0.25) is 0 Å². The molecule has 9 aromatic carbocycles. The van der Waals surface area contributed by atoms with Gasteiger partial charge in [-0.05, 0) is 87.2 Å². The highest BCUT2D eigenvalue weighted by Gasteiger charge is 2.32. The second kappa shape index (κ2) is 17.6. The largest absolute Gasteiger partial charge is 0.140 e. The lowest BCUT2D eigenvalue weighted by Gasteiger charge is -2.33. The molecule has 0 fully saturated rings. The van der Waals surface area contributed by atoms with Gasteiger partial charge in [0, 0.05) is 0 Å². The molecule has 0 amide bonds. The molecule has 0 N–H and O–H groups in total. The molecule has 312 valence electrons. The van der Waals surface area contributed by atoms with Crippen LogP contribution in [0.25, 0.3) is 87.2 Å². The Morgan fingerprint density at radius 3 is 0.690 bits per heavy atom. The minimum absolute atomic E-state index is 1.36. The van der Waals surface area contributed by atoms with E-state index in [1.54, 1.807) is 0 Å². The molecule has 0 aliphatic rings. The van der Waals surface area contributed by atoms with Crippen LogP contribution in [0, 0.1) is 0 Å². The van der Waals surface area contributed by atoms with Crippen molar-refractivity contribution in [2.75, 3.05) is 0 Å². The Morgan fingerprint density at radius 1 is 0.141 bits per heavy atom. The summed E-state index contributed by atoms with van der Waals surface area (Å²) in [6.45, 7) is 0. The van der Waals surface area contributed by atoms with Crippen molar-refractivity contribution in [3.8, 4) is 33.4 Å². The Bertz CT molecular complexity index is 4040. The molecule has 0 aliphatic carbocycles. The van der Waals surface area contributed by atoms with Crippen molar-refractivity contribution in [1.82, 2.24) is 0 Å². The molecule has 0 aromatic heterocycles. The summed E-state index contributed by atoms with van der Waals surface area (Å²) in [7, 11) is 64.7. The molecule has 0 spiro atoms. The van der Waals surface area contributed by atoms with Crippen molar-refractivity contribution in [3.05, 3.63) is 6.07 Å². The van der Waals surface area contributed by atoms with Crippen LogP contribution in [-0.4, -0.2) is 212 Å². The van der Waals surface area contributed by atoms with E-state index in [-0.39, 0.29) is 0 Å². The first-order chi connectivity index (χ1) is 33.1. The van der Waals surface area contributed by atoms with Crippen molar-refractivity contribution in [3.63, 3.8) is 0 Å². The minimum Gasteiger partial charge on any atom is -0.101 e. The van der Waals surface area contributed by atoms with Crippen LogP contribution in [-0.2, 0) is 0 Å². The van der Waals surface area contributed by atoms with E-state index in [4.69, 9.17) is 0 Å². The molecule has 0 saturated carbocycles. The Kier molecular flexibility index (Phi) is 12.9. The number of rotatable bonds is 3. The molecule has 0 nitrogen and oxygen atoms in total. The molecular weight excluding hydrogens is 820 g/mol. The van der Waals surface area contributed by atoms with E-state index in [0.29, 0.717) is 0 Å². The molecule has 27 heteroatoms. The van der Waals surface area contributed by atoms with E-state index in [0.717, 1.165) is 0 Å². The van der Waals surface area contributed by atoms with Gasteiger partial charge >= 0.3 is 0 Å². The van der Waals surface area contributed by atoms with Crippen LogP contribution < -0.4 is 147 Å². The second-order valence-electron chi connectivity index (χ2n) is 23.1. The van der Waals surface area contributed by atoms with Gasteiger partial charge < -0.3 is 0 Å². The van der Waals surface area contributed by atoms with Gasteiger partial charge in [0.05, 0.1) is 0 Å². The van der Waals surface area contributed by atoms with Crippen molar-refractivity contribution in [1.29, 1.82) is 0 Å². The van der Waals surface area contributed by atoms with Crippen molar-refractivity contribution in [2.24, 2.45) is 0 Å². The molecule has 0 radical (unpaired) electrons. The number of hydrogen-bond acceptors (Lipinski definition) is 0. The Hall–Kier alpha value is -3.97. The molecule has 0 atom stereocenters. The Morgan fingerprint density at radius 2 is 0.352 bits per heavy atom. The standard InChI is InChI=1S/C44H55B27/c45-3-1-2-4(21(48)36(63)23(50)5(2)22(49)19(3)46)16-20(47)8-6(12-14-17(32(59)37(64)25(12)52)34(61)43(70)41(68)29(14)56)10-11(28(55)40(67)39(66)27(10)54)7(9(8)24(51)31(16)58)13-15-18(33(60)38(65)26(13)53)35(62)44(71)42(69)30(15)57/h1H,45-71H2. The fourth-order valence-corrected chi connectivity index (χ4v) is 14.3. The lowest BCUT2D eigenvalue weighted by molar-refractivity contribution is 1.83. The van der Waals surface area contributed by atoms with Gasteiger partial charge in [0.25, 0.3) is 0 Å². The zero-order chi connectivity index (χ0) is 52.5. The third-order valence-corrected chi connectivity index (χ3v) is 20.7. The van der Waals surface area contributed by atoms with E-state index >= 15 is 0 Å². The summed E-state index contributed by atoms with van der Waals surface area (Å²) in [6, 6.07) is 2.52. The van der Waals surface area contributed by atoms with Gasteiger partial charge in [0.15, 0.2) is 0 Å². The lowest BCUT2D eigenvalue weighted by atomic mass is 9.55. The zero-order valence-corrected chi connectivity index (χ0v) is 49.1. The highest BCUT2D eigenvalue weighted by atomic mass is 14.3. The van der Waals surface area contributed by atoms with E-state index in [1.807, 2.05) is 0 Å². The fraction of sp³-hybridized carbons (Fsp3) is 0. The monoisotopic (exact) mass is 881 g/mol. The maximum absolute atomic E-state index is 2.52. The summed E-state index contributed by atoms with van der Waals surface area (Å²) in [5.74, 6) is 0. The first-order valence-corrected chi connectivity index (χ1v) is 26.6. The van der Waals surface area contributed by atoms with Crippen molar-refractivity contribution >= 4 is 413 Å². The molecule has 71 heavy (non-hydrogen) atoms. The van der Waals surface area contributed by atoms with Gasteiger partial charge in [-0.15, -0.1) is 54.6 Å². The van der Waals surface area contributed by atoms with Gasteiger partial charge in [0.2, 0.25) is 0 Å². The molecule has 0 aliphatic heterocycles.